The summed E-state index contributed by atoms with van der Waals surface area (Å²) in [5.74, 6) is -0.966. The van der Waals surface area contributed by atoms with E-state index < -0.39 is 5.97 Å². The fourth-order valence-electron chi connectivity index (χ4n) is 4.11. The quantitative estimate of drug-likeness (QED) is 0.215. The lowest BCUT2D eigenvalue weighted by atomic mass is 9.96. The Balaban J connectivity index is 0.00000158. The highest BCUT2D eigenvalue weighted by atomic mass is 19.1. The molecule has 0 bridgehead atoms. The van der Waals surface area contributed by atoms with Crippen LogP contribution in [-0.4, -0.2) is 21.9 Å². The number of aromatic nitrogens is 1. The minimum atomic E-state index is -0.979. The van der Waals surface area contributed by atoms with E-state index in [-0.39, 0.29) is 11.4 Å². The minimum Gasteiger partial charge on any atom is -0.478 e. The number of halogens is 1. The average Bonchev–Trinajstić information content (AvgIpc) is 3.12. The van der Waals surface area contributed by atoms with Crippen molar-refractivity contribution in [1.29, 1.82) is 5.41 Å². The molecule has 0 aliphatic carbocycles. The van der Waals surface area contributed by atoms with Crippen molar-refractivity contribution in [2.45, 2.75) is 34.1 Å². The molecule has 34 heavy (non-hydrogen) atoms. The number of nitrogens with zero attached hydrogens (tertiary/aromatic N) is 1. The van der Waals surface area contributed by atoms with Gasteiger partial charge < -0.3 is 20.8 Å². The van der Waals surface area contributed by atoms with Crippen LogP contribution in [0.3, 0.4) is 0 Å². The summed E-state index contributed by atoms with van der Waals surface area (Å²) in [4.78, 5) is 11.3. The molecule has 0 amide bonds. The van der Waals surface area contributed by atoms with E-state index >= 15 is 0 Å². The number of anilines is 1. The molecule has 4 N–H and O–H groups in total. The molecule has 3 aromatic carbocycles. The predicted octanol–water partition coefficient (Wildman–Crippen LogP) is 6.94. The number of nitrogens with two attached hydrogens (primary N) is 1. The zero-order chi connectivity index (χ0) is 25.0. The first kappa shape index (κ1) is 24.7. The Kier molecular flexibility index (Phi) is 7.51. The van der Waals surface area contributed by atoms with Crippen LogP contribution in [0, 0.1) is 17.1 Å². The number of carboxylic acid groups (broad SMARTS) is 1. The third-order valence-electron chi connectivity index (χ3n) is 5.53. The standard InChI is InChI=1S/C26H24FN3O2.C2H6/c1-15(2)11-24-25(16-3-5-17(6-4-16)26(31)32)21-13-22(29)18(14-28)12-23(21)30(24)20-9-7-19(27)8-10-20;1-2/h3-10,12-15,28H,11,29H2,1-2H3,(H,31,32);1-2H3. The molecule has 4 rings (SSSR count). The van der Waals surface area contributed by atoms with Crippen molar-refractivity contribution >= 4 is 28.8 Å². The molecular formula is C28H30FN3O2. The summed E-state index contributed by atoms with van der Waals surface area (Å²) in [7, 11) is 0. The molecule has 176 valence electrons. The van der Waals surface area contributed by atoms with Crippen LogP contribution in [0.5, 0.6) is 0 Å². The van der Waals surface area contributed by atoms with Gasteiger partial charge in [0.15, 0.2) is 0 Å². The van der Waals surface area contributed by atoms with Crippen LogP contribution in [0.1, 0.15) is 49.3 Å². The molecule has 0 unspecified atom stereocenters. The highest BCUT2D eigenvalue weighted by molar-refractivity contribution is 6.04. The van der Waals surface area contributed by atoms with Crippen molar-refractivity contribution in [2.75, 3.05) is 5.73 Å². The third-order valence-corrected chi connectivity index (χ3v) is 5.53. The molecule has 0 spiro atoms. The van der Waals surface area contributed by atoms with E-state index in [1.165, 1.54) is 18.3 Å². The van der Waals surface area contributed by atoms with Gasteiger partial charge in [0.2, 0.25) is 0 Å². The number of rotatable bonds is 6. The van der Waals surface area contributed by atoms with Gasteiger partial charge in [-0.1, -0.05) is 39.8 Å². The molecule has 0 saturated carbocycles. The van der Waals surface area contributed by atoms with Crippen LogP contribution < -0.4 is 5.73 Å². The molecule has 6 heteroatoms. The Bertz CT molecular complexity index is 1320. The summed E-state index contributed by atoms with van der Waals surface area (Å²) >= 11 is 0. The van der Waals surface area contributed by atoms with E-state index in [0.29, 0.717) is 17.2 Å². The first-order valence-corrected chi connectivity index (χ1v) is 11.4. The molecular weight excluding hydrogens is 429 g/mol. The van der Waals surface area contributed by atoms with Crippen LogP contribution in [0.25, 0.3) is 27.7 Å². The molecule has 0 atom stereocenters. The maximum atomic E-state index is 13.7. The lowest BCUT2D eigenvalue weighted by Crippen LogP contribution is -2.05. The lowest BCUT2D eigenvalue weighted by Gasteiger charge is -2.15. The van der Waals surface area contributed by atoms with Gasteiger partial charge in [-0.05, 0) is 66.4 Å². The van der Waals surface area contributed by atoms with Gasteiger partial charge in [0.05, 0.1) is 11.1 Å². The SMILES string of the molecule is CC.CC(C)Cc1c(-c2ccc(C(=O)O)cc2)c2cc(N)c(C=N)cc2n1-c1ccc(F)cc1. The topological polar surface area (TPSA) is 92.1 Å². The Morgan fingerprint density at radius 1 is 1.09 bits per heavy atom. The number of carboxylic acids is 1. The molecule has 1 aromatic heterocycles. The number of nitrogen functional groups attached to an aromatic ring is 1. The van der Waals surface area contributed by atoms with E-state index in [0.717, 1.165) is 39.8 Å². The van der Waals surface area contributed by atoms with Gasteiger partial charge in [0.25, 0.3) is 0 Å². The van der Waals surface area contributed by atoms with Gasteiger partial charge in [-0.2, -0.15) is 0 Å². The van der Waals surface area contributed by atoms with Crippen molar-refractivity contribution in [1.82, 2.24) is 4.57 Å². The molecule has 1 heterocycles. The molecule has 0 aliphatic rings. The van der Waals surface area contributed by atoms with Gasteiger partial charge >= 0.3 is 5.97 Å². The largest absolute Gasteiger partial charge is 0.478 e. The van der Waals surface area contributed by atoms with Crippen molar-refractivity contribution in [3.05, 3.63) is 83.3 Å². The molecule has 0 aliphatic heterocycles. The Labute approximate surface area is 199 Å². The van der Waals surface area contributed by atoms with E-state index in [2.05, 4.69) is 18.4 Å². The van der Waals surface area contributed by atoms with E-state index in [9.17, 15) is 14.3 Å². The monoisotopic (exact) mass is 459 g/mol. The summed E-state index contributed by atoms with van der Waals surface area (Å²) in [6.45, 7) is 8.25. The number of hydrogen-bond donors (Lipinski definition) is 3. The fourth-order valence-corrected chi connectivity index (χ4v) is 4.11. The van der Waals surface area contributed by atoms with E-state index in [1.54, 1.807) is 36.4 Å². The van der Waals surface area contributed by atoms with Gasteiger partial charge in [-0.3, -0.25) is 0 Å². The number of hydrogen-bond acceptors (Lipinski definition) is 3. The van der Waals surface area contributed by atoms with Gasteiger partial charge in [0, 0.05) is 39.8 Å². The van der Waals surface area contributed by atoms with Gasteiger partial charge in [-0.25, -0.2) is 9.18 Å². The van der Waals surface area contributed by atoms with Crippen LogP contribution in [-0.2, 0) is 6.42 Å². The summed E-state index contributed by atoms with van der Waals surface area (Å²) in [5, 5.41) is 17.9. The minimum absolute atomic E-state index is 0.215. The second kappa shape index (κ2) is 10.3. The van der Waals surface area contributed by atoms with Crippen molar-refractivity contribution in [3.63, 3.8) is 0 Å². The zero-order valence-electron chi connectivity index (χ0n) is 19.9. The molecule has 4 aromatic rings. The third kappa shape index (κ3) is 4.71. The summed E-state index contributed by atoms with van der Waals surface area (Å²) in [6.07, 6.45) is 1.96. The first-order valence-electron chi connectivity index (χ1n) is 11.4. The second-order valence-electron chi connectivity index (χ2n) is 8.26. The first-order chi connectivity index (χ1) is 16.3. The van der Waals surface area contributed by atoms with Crippen LogP contribution >= 0.6 is 0 Å². The molecule has 0 fully saturated rings. The van der Waals surface area contributed by atoms with Crippen LogP contribution in [0.15, 0.2) is 60.7 Å². The van der Waals surface area contributed by atoms with Crippen molar-refractivity contribution < 1.29 is 14.3 Å². The van der Waals surface area contributed by atoms with Crippen molar-refractivity contribution in [2.24, 2.45) is 5.92 Å². The smallest absolute Gasteiger partial charge is 0.335 e. The number of nitrogens with one attached hydrogen (secondary N) is 1. The van der Waals surface area contributed by atoms with Gasteiger partial charge in [0.1, 0.15) is 5.82 Å². The number of carbonyl (C=O) groups is 1. The highest BCUT2D eigenvalue weighted by Gasteiger charge is 2.22. The summed E-state index contributed by atoms with van der Waals surface area (Å²) < 4.78 is 15.8. The Hall–Kier alpha value is -3.93. The van der Waals surface area contributed by atoms with Crippen LogP contribution in [0.4, 0.5) is 10.1 Å². The van der Waals surface area contributed by atoms with Gasteiger partial charge in [-0.15, -0.1) is 0 Å². The van der Waals surface area contributed by atoms with E-state index in [1.807, 2.05) is 26.0 Å². The maximum Gasteiger partial charge on any atom is 0.335 e. The van der Waals surface area contributed by atoms with Crippen molar-refractivity contribution in [3.8, 4) is 16.8 Å². The molecule has 0 radical (unpaired) electrons. The summed E-state index contributed by atoms with van der Waals surface area (Å²) in [5.41, 5.74) is 12.1. The Morgan fingerprint density at radius 3 is 2.24 bits per heavy atom. The molecule has 0 saturated heterocycles. The number of aromatic carboxylic acids is 1. The van der Waals surface area contributed by atoms with Crippen LogP contribution in [0.2, 0.25) is 0 Å². The fraction of sp³-hybridized carbons (Fsp3) is 0.214. The Morgan fingerprint density at radius 2 is 1.71 bits per heavy atom. The number of benzene rings is 3. The lowest BCUT2D eigenvalue weighted by molar-refractivity contribution is 0.0697. The molecule has 5 nitrogen and oxygen atoms in total. The van der Waals surface area contributed by atoms with E-state index in [4.69, 9.17) is 11.1 Å². The normalized spacial score (nSPS) is 10.8. The second-order valence-corrected chi connectivity index (χ2v) is 8.26. The highest BCUT2D eigenvalue weighted by Crippen LogP contribution is 2.40. The predicted molar refractivity (Wildman–Crippen MR) is 138 cm³/mol. The summed E-state index contributed by atoms with van der Waals surface area (Å²) in [6, 6.07) is 16.8. The number of fused-ring (bicyclic) bond motifs is 1. The average molecular weight is 460 g/mol. The zero-order valence-corrected chi connectivity index (χ0v) is 19.9. The maximum absolute atomic E-state index is 13.7.